The number of likely N-dealkylation sites (tertiary alicyclic amines) is 1. The van der Waals surface area contributed by atoms with Crippen LogP contribution in [0.2, 0.25) is 0 Å². The molecule has 4 rings (SSSR count). The van der Waals surface area contributed by atoms with Crippen LogP contribution in [0.3, 0.4) is 0 Å². The number of hydrogen-bond donors (Lipinski definition) is 0. The van der Waals surface area contributed by atoms with Gasteiger partial charge in [-0.2, -0.15) is 0 Å². The predicted molar refractivity (Wildman–Crippen MR) is 128 cm³/mol. The minimum Gasteiger partial charge on any atom is -0.497 e. The average molecular weight is 434 g/mol. The maximum absolute atomic E-state index is 13.1. The first-order valence-electron chi connectivity index (χ1n) is 11.3. The summed E-state index contributed by atoms with van der Waals surface area (Å²) in [5.41, 5.74) is 4.50. The highest BCUT2D eigenvalue weighted by molar-refractivity contribution is 6.00. The molecule has 5 nitrogen and oxygen atoms in total. The molecule has 1 atom stereocenters. The summed E-state index contributed by atoms with van der Waals surface area (Å²) in [5.74, 6) is 1.56. The van der Waals surface area contributed by atoms with Gasteiger partial charge in [0.15, 0.2) is 0 Å². The molecule has 2 heterocycles. The number of methoxy groups -OCH3 is 2. The number of rotatable bonds is 6. The lowest BCUT2D eigenvalue weighted by molar-refractivity contribution is -0.129. The van der Waals surface area contributed by atoms with E-state index in [1.165, 1.54) is 6.42 Å². The first-order chi connectivity index (χ1) is 15.5. The lowest BCUT2D eigenvalue weighted by atomic mass is 9.97. The molecular weight excluding hydrogens is 402 g/mol. The van der Waals surface area contributed by atoms with Crippen LogP contribution in [0.25, 0.3) is 27.7 Å². The van der Waals surface area contributed by atoms with Crippen molar-refractivity contribution in [1.29, 1.82) is 0 Å². The molecule has 1 aliphatic heterocycles. The van der Waals surface area contributed by atoms with Crippen molar-refractivity contribution in [3.8, 4) is 22.6 Å². The van der Waals surface area contributed by atoms with E-state index in [2.05, 4.69) is 13.0 Å². The highest BCUT2D eigenvalue weighted by atomic mass is 16.5. The van der Waals surface area contributed by atoms with Crippen LogP contribution in [0.4, 0.5) is 0 Å². The van der Waals surface area contributed by atoms with Crippen molar-refractivity contribution >= 4 is 22.4 Å². The quantitative estimate of drug-likeness (QED) is 0.427. The first-order valence-corrected chi connectivity index (χ1v) is 11.3. The van der Waals surface area contributed by atoms with Gasteiger partial charge in [0, 0.05) is 41.2 Å². The Hall–Kier alpha value is -3.21. The second kappa shape index (κ2) is 9.51. The van der Waals surface area contributed by atoms with Crippen molar-refractivity contribution in [2.75, 3.05) is 20.8 Å². The Bertz CT molecular complexity index is 1140. The Morgan fingerprint density at radius 2 is 2.03 bits per heavy atom. The van der Waals surface area contributed by atoms with Gasteiger partial charge in [-0.05, 0) is 61.9 Å². The molecule has 168 valence electrons. The summed E-state index contributed by atoms with van der Waals surface area (Å²) >= 11 is 0. The minimum absolute atomic E-state index is 0.0800. The number of amides is 1. The molecule has 0 spiro atoms. The summed E-state index contributed by atoms with van der Waals surface area (Å²) in [7, 11) is 3.30. The van der Waals surface area contributed by atoms with Crippen molar-refractivity contribution in [3.63, 3.8) is 0 Å². The van der Waals surface area contributed by atoms with Gasteiger partial charge in [-0.3, -0.25) is 4.79 Å². The Labute approximate surface area is 189 Å². The molecule has 5 heteroatoms. The number of benzene rings is 2. The molecule has 1 aliphatic rings. The van der Waals surface area contributed by atoms with E-state index in [9.17, 15) is 4.79 Å². The van der Waals surface area contributed by atoms with Gasteiger partial charge in [-0.25, -0.2) is 0 Å². The fourth-order valence-corrected chi connectivity index (χ4v) is 4.61. The molecule has 0 saturated carbocycles. The number of fused-ring (bicyclic) bond motifs is 1. The van der Waals surface area contributed by atoms with E-state index in [1.54, 1.807) is 26.6 Å². The van der Waals surface area contributed by atoms with Crippen molar-refractivity contribution in [1.82, 2.24) is 4.90 Å². The van der Waals surface area contributed by atoms with Crippen LogP contribution in [-0.4, -0.2) is 37.6 Å². The highest BCUT2D eigenvalue weighted by Crippen LogP contribution is 2.38. The molecular formula is C27H31NO4. The van der Waals surface area contributed by atoms with Crippen molar-refractivity contribution < 1.29 is 18.7 Å². The predicted octanol–water partition coefficient (Wildman–Crippen LogP) is 6.31. The smallest absolute Gasteiger partial charge is 0.247 e. The number of furan rings is 1. The molecule has 0 radical (unpaired) electrons. The summed E-state index contributed by atoms with van der Waals surface area (Å²) in [6.07, 6.45) is 7.86. The fourth-order valence-electron chi connectivity index (χ4n) is 4.61. The Morgan fingerprint density at radius 3 is 2.78 bits per heavy atom. The maximum atomic E-state index is 13.1. The maximum Gasteiger partial charge on any atom is 0.247 e. The average Bonchev–Trinajstić information content (AvgIpc) is 3.26. The third-order valence-electron chi connectivity index (χ3n) is 6.42. The number of ether oxygens (including phenoxy) is 2. The van der Waals surface area contributed by atoms with Crippen molar-refractivity contribution in [3.05, 3.63) is 54.3 Å². The minimum atomic E-state index is 0.0800. The standard InChI is InChI=1S/C27H31NO4/c1-5-20-10-6-7-12-28(20)27(29)13-18(2)22-15-23-24(17-32-26(23)16-25(22)31-4)19-9-8-11-21(14-19)30-3/h8-9,11,13-17,20H,5-7,10,12H2,1-4H3/b18-13+. The van der Waals surface area contributed by atoms with Crippen LogP contribution in [0.5, 0.6) is 11.5 Å². The topological polar surface area (TPSA) is 51.9 Å². The van der Waals surface area contributed by atoms with Crippen LogP contribution >= 0.6 is 0 Å². The molecule has 1 saturated heterocycles. The molecule has 3 aromatic rings. The molecule has 0 N–H and O–H groups in total. The number of carbonyl (C=O) groups excluding carboxylic acids is 1. The molecule has 0 bridgehead atoms. The van der Waals surface area contributed by atoms with Gasteiger partial charge in [0.05, 0.1) is 20.5 Å². The fraction of sp³-hybridized carbons (Fsp3) is 0.370. The number of piperidine rings is 1. The Morgan fingerprint density at radius 1 is 1.19 bits per heavy atom. The Balaban J connectivity index is 1.74. The van der Waals surface area contributed by atoms with E-state index >= 15 is 0 Å². The van der Waals surface area contributed by atoms with Gasteiger partial charge in [0.1, 0.15) is 17.1 Å². The molecule has 1 fully saturated rings. The third-order valence-corrected chi connectivity index (χ3v) is 6.42. The third kappa shape index (κ3) is 4.24. The summed E-state index contributed by atoms with van der Waals surface area (Å²) in [5, 5.41) is 0.971. The SMILES string of the molecule is CCC1CCCCN1C(=O)/C=C(\C)c1cc2c(-c3cccc(OC)c3)coc2cc1OC. The second-order valence-corrected chi connectivity index (χ2v) is 8.35. The molecule has 1 amide bonds. The van der Waals surface area contributed by atoms with Gasteiger partial charge in [-0.15, -0.1) is 0 Å². The summed E-state index contributed by atoms with van der Waals surface area (Å²) in [6, 6.07) is 12.2. The summed E-state index contributed by atoms with van der Waals surface area (Å²) in [4.78, 5) is 15.1. The summed E-state index contributed by atoms with van der Waals surface area (Å²) < 4.78 is 16.9. The lowest BCUT2D eigenvalue weighted by Gasteiger charge is -2.34. The zero-order valence-electron chi connectivity index (χ0n) is 19.3. The van der Waals surface area contributed by atoms with Crippen molar-refractivity contribution in [2.24, 2.45) is 0 Å². The van der Waals surface area contributed by atoms with Gasteiger partial charge in [-0.1, -0.05) is 19.1 Å². The molecule has 0 aliphatic carbocycles. The number of hydrogen-bond acceptors (Lipinski definition) is 4. The van der Waals surface area contributed by atoms with Crippen LogP contribution in [0.1, 0.15) is 45.1 Å². The lowest BCUT2D eigenvalue weighted by Crippen LogP contribution is -2.42. The van der Waals surface area contributed by atoms with Gasteiger partial charge < -0.3 is 18.8 Å². The van der Waals surface area contributed by atoms with Crippen LogP contribution < -0.4 is 9.47 Å². The Kier molecular flexibility index (Phi) is 6.54. The first kappa shape index (κ1) is 22.0. The highest BCUT2D eigenvalue weighted by Gasteiger charge is 2.24. The number of allylic oxidation sites excluding steroid dienone is 1. The van der Waals surface area contributed by atoms with Crippen LogP contribution in [0.15, 0.2) is 53.2 Å². The summed E-state index contributed by atoms with van der Waals surface area (Å²) in [6.45, 7) is 4.96. The van der Waals surface area contributed by atoms with Gasteiger partial charge in [0.25, 0.3) is 0 Å². The van der Waals surface area contributed by atoms with E-state index in [-0.39, 0.29) is 5.91 Å². The molecule has 1 unspecified atom stereocenters. The van der Waals surface area contributed by atoms with Crippen molar-refractivity contribution in [2.45, 2.75) is 45.6 Å². The number of carbonyl (C=O) groups is 1. The monoisotopic (exact) mass is 433 g/mol. The number of nitrogens with zero attached hydrogens (tertiary/aromatic N) is 1. The normalized spacial score (nSPS) is 16.9. The molecule has 1 aromatic heterocycles. The zero-order chi connectivity index (χ0) is 22.7. The van der Waals surface area contributed by atoms with E-state index in [0.29, 0.717) is 11.8 Å². The van der Waals surface area contributed by atoms with E-state index in [4.69, 9.17) is 13.9 Å². The second-order valence-electron chi connectivity index (χ2n) is 8.35. The van der Waals surface area contributed by atoms with E-state index < -0.39 is 0 Å². The van der Waals surface area contributed by atoms with Crippen LogP contribution in [0, 0.1) is 0 Å². The zero-order valence-corrected chi connectivity index (χ0v) is 19.3. The molecule has 2 aromatic carbocycles. The van der Waals surface area contributed by atoms with Crippen LogP contribution in [-0.2, 0) is 4.79 Å². The van der Waals surface area contributed by atoms with E-state index in [0.717, 1.165) is 64.8 Å². The molecule has 32 heavy (non-hydrogen) atoms. The largest absolute Gasteiger partial charge is 0.497 e. The van der Waals surface area contributed by atoms with E-state index in [1.807, 2.05) is 42.2 Å². The van der Waals surface area contributed by atoms with Gasteiger partial charge in [0.2, 0.25) is 5.91 Å². The van der Waals surface area contributed by atoms with Gasteiger partial charge >= 0.3 is 0 Å².